The Morgan fingerprint density at radius 2 is 2.00 bits per heavy atom. The molecule has 1 aromatic rings. The van der Waals surface area contributed by atoms with Crippen molar-refractivity contribution in [2.24, 2.45) is 5.73 Å². The average molecular weight is 217 g/mol. The summed E-state index contributed by atoms with van der Waals surface area (Å²) in [6.45, 7) is 0.505. The Labute approximate surface area is 91.3 Å². The fourth-order valence-corrected chi connectivity index (χ4v) is 1.20. The lowest BCUT2D eigenvalue weighted by Crippen LogP contribution is -2.10. The lowest BCUT2D eigenvalue weighted by atomic mass is 10.1. The van der Waals surface area contributed by atoms with E-state index in [0.717, 1.165) is 17.0 Å². The van der Waals surface area contributed by atoms with Crippen molar-refractivity contribution in [3.63, 3.8) is 0 Å². The Balaban J connectivity index is 0.00000169. The van der Waals surface area contributed by atoms with Crippen molar-refractivity contribution >= 4 is 18.1 Å². The zero-order valence-corrected chi connectivity index (χ0v) is 9.60. The summed E-state index contributed by atoms with van der Waals surface area (Å²) in [6, 6.07) is 5.99. The van der Waals surface area contributed by atoms with Crippen molar-refractivity contribution in [1.82, 2.24) is 0 Å². The van der Waals surface area contributed by atoms with Gasteiger partial charge in [-0.3, -0.25) is 0 Å². The second-order valence-corrected chi connectivity index (χ2v) is 3.09. The van der Waals surface area contributed by atoms with Crippen molar-refractivity contribution in [1.29, 1.82) is 0 Å². The molecule has 0 spiro atoms. The van der Waals surface area contributed by atoms with Gasteiger partial charge in [-0.25, -0.2) is 0 Å². The number of hydrogen-bond donors (Lipinski definition) is 1. The smallest absolute Gasteiger partial charge is 0.123 e. The Hall–Kier alpha value is -0.930. The van der Waals surface area contributed by atoms with Crippen LogP contribution in [0.4, 0.5) is 5.69 Å². The van der Waals surface area contributed by atoms with E-state index in [0.29, 0.717) is 6.54 Å². The molecule has 0 aliphatic rings. The van der Waals surface area contributed by atoms with Gasteiger partial charge in [0, 0.05) is 31.9 Å². The van der Waals surface area contributed by atoms with E-state index in [1.807, 2.05) is 37.2 Å². The summed E-state index contributed by atoms with van der Waals surface area (Å²) in [5.41, 5.74) is 7.77. The van der Waals surface area contributed by atoms with Crippen LogP contribution < -0.4 is 15.4 Å². The predicted molar refractivity (Wildman–Crippen MR) is 62.5 cm³/mol. The van der Waals surface area contributed by atoms with Crippen LogP contribution in [0.25, 0.3) is 0 Å². The predicted octanol–water partition coefficient (Wildman–Crippen LogP) is 1.64. The number of nitrogens with two attached hydrogens (primary N) is 1. The van der Waals surface area contributed by atoms with E-state index in [1.54, 1.807) is 7.11 Å². The molecule has 0 unspecified atom stereocenters. The molecular formula is C10H17ClN2O. The molecule has 0 aliphatic heterocycles. The second kappa shape index (κ2) is 5.73. The monoisotopic (exact) mass is 216 g/mol. The van der Waals surface area contributed by atoms with Gasteiger partial charge in [-0.05, 0) is 18.2 Å². The van der Waals surface area contributed by atoms with Gasteiger partial charge >= 0.3 is 0 Å². The number of nitrogens with zero attached hydrogens (tertiary/aromatic N) is 1. The van der Waals surface area contributed by atoms with Crippen molar-refractivity contribution in [3.8, 4) is 5.75 Å². The molecule has 0 atom stereocenters. The highest BCUT2D eigenvalue weighted by Crippen LogP contribution is 2.23. The second-order valence-electron chi connectivity index (χ2n) is 3.09. The van der Waals surface area contributed by atoms with Crippen LogP contribution in [0.3, 0.4) is 0 Å². The van der Waals surface area contributed by atoms with Gasteiger partial charge in [0.25, 0.3) is 0 Å². The Morgan fingerprint density at radius 3 is 2.43 bits per heavy atom. The lowest BCUT2D eigenvalue weighted by Gasteiger charge is -2.15. The van der Waals surface area contributed by atoms with E-state index >= 15 is 0 Å². The van der Waals surface area contributed by atoms with Crippen LogP contribution in [-0.2, 0) is 6.54 Å². The quantitative estimate of drug-likeness (QED) is 0.835. The van der Waals surface area contributed by atoms with Crippen LogP contribution in [0.2, 0.25) is 0 Å². The molecule has 0 saturated heterocycles. The Kier molecular flexibility index (Phi) is 5.35. The SMILES string of the molecule is COc1ccc(N(C)C)cc1CN.Cl. The van der Waals surface area contributed by atoms with E-state index in [-0.39, 0.29) is 12.4 Å². The number of rotatable bonds is 3. The maximum atomic E-state index is 5.60. The first kappa shape index (κ1) is 13.1. The fourth-order valence-electron chi connectivity index (χ4n) is 1.20. The molecule has 14 heavy (non-hydrogen) atoms. The molecule has 0 aliphatic carbocycles. The average Bonchev–Trinajstić information content (AvgIpc) is 2.16. The molecule has 0 aromatic heterocycles. The largest absolute Gasteiger partial charge is 0.496 e. The summed E-state index contributed by atoms with van der Waals surface area (Å²) < 4.78 is 5.17. The number of anilines is 1. The molecule has 3 nitrogen and oxygen atoms in total. The van der Waals surface area contributed by atoms with Crippen LogP contribution in [0.15, 0.2) is 18.2 Å². The Bertz CT molecular complexity index is 289. The minimum absolute atomic E-state index is 0. The third kappa shape index (κ3) is 2.79. The topological polar surface area (TPSA) is 38.5 Å². The van der Waals surface area contributed by atoms with Crippen LogP contribution in [0, 0.1) is 0 Å². The van der Waals surface area contributed by atoms with Crippen molar-refractivity contribution in [2.45, 2.75) is 6.54 Å². The number of hydrogen-bond acceptors (Lipinski definition) is 3. The highest BCUT2D eigenvalue weighted by Gasteiger charge is 2.03. The molecule has 0 fully saturated rings. The minimum atomic E-state index is 0. The van der Waals surface area contributed by atoms with Crippen molar-refractivity contribution in [3.05, 3.63) is 23.8 Å². The van der Waals surface area contributed by atoms with Gasteiger partial charge < -0.3 is 15.4 Å². The van der Waals surface area contributed by atoms with Crippen molar-refractivity contribution in [2.75, 3.05) is 26.1 Å². The van der Waals surface area contributed by atoms with Gasteiger partial charge in [0.2, 0.25) is 0 Å². The van der Waals surface area contributed by atoms with Gasteiger partial charge in [0.1, 0.15) is 5.75 Å². The fraction of sp³-hybridized carbons (Fsp3) is 0.400. The number of ether oxygens (including phenoxy) is 1. The maximum absolute atomic E-state index is 5.60. The summed E-state index contributed by atoms with van der Waals surface area (Å²) in [4.78, 5) is 2.04. The third-order valence-corrected chi connectivity index (χ3v) is 2.00. The zero-order valence-electron chi connectivity index (χ0n) is 8.78. The van der Waals surface area contributed by atoms with Crippen LogP contribution in [0.5, 0.6) is 5.75 Å². The standard InChI is InChI=1S/C10H16N2O.ClH/c1-12(2)9-4-5-10(13-3)8(6-9)7-11;/h4-6H,7,11H2,1-3H3;1H. The summed E-state index contributed by atoms with van der Waals surface area (Å²) in [5.74, 6) is 0.855. The molecule has 1 rings (SSSR count). The van der Waals surface area contributed by atoms with Crippen LogP contribution in [0.1, 0.15) is 5.56 Å². The first-order valence-corrected chi connectivity index (χ1v) is 4.23. The highest BCUT2D eigenvalue weighted by atomic mass is 35.5. The van der Waals surface area contributed by atoms with Gasteiger partial charge in [0.15, 0.2) is 0 Å². The third-order valence-electron chi connectivity index (χ3n) is 2.00. The van der Waals surface area contributed by atoms with E-state index < -0.39 is 0 Å². The van der Waals surface area contributed by atoms with E-state index in [1.165, 1.54) is 0 Å². The number of benzene rings is 1. The van der Waals surface area contributed by atoms with Crippen LogP contribution in [-0.4, -0.2) is 21.2 Å². The minimum Gasteiger partial charge on any atom is -0.496 e. The molecule has 1 aromatic carbocycles. The molecule has 0 radical (unpaired) electrons. The molecule has 4 heteroatoms. The summed E-state index contributed by atoms with van der Waals surface area (Å²) >= 11 is 0. The summed E-state index contributed by atoms with van der Waals surface area (Å²) in [5, 5.41) is 0. The summed E-state index contributed by atoms with van der Waals surface area (Å²) in [6.07, 6.45) is 0. The number of methoxy groups -OCH3 is 1. The van der Waals surface area contributed by atoms with E-state index in [9.17, 15) is 0 Å². The van der Waals surface area contributed by atoms with Gasteiger partial charge in [-0.1, -0.05) is 0 Å². The maximum Gasteiger partial charge on any atom is 0.123 e. The van der Waals surface area contributed by atoms with Gasteiger partial charge in [-0.2, -0.15) is 0 Å². The normalized spacial score (nSPS) is 9.14. The van der Waals surface area contributed by atoms with Crippen molar-refractivity contribution < 1.29 is 4.74 Å². The number of halogens is 1. The highest BCUT2D eigenvalue weighted by molar-refractivity contribution is 5.85. The lowest BCUT2D eigenvalue weighted by molar-refractivity contribution is 0.410. The zero-order chi connectivity index (χ0) is 9.84. The van der Waals surface area contributed by atoms with Crippen LogP contribution >= 0.6 is 12.4 Å². The molecule has 0 saturated carbocycles. The van der Waals surface area contributed by atoms with E-state index in [2.05, 4.69) is 0 Å². The molecule has 0 amide bonds. The van der Waals surface area contributed by atoms with Gasteiger partial charge in [-0.15, -0.1) is 12.4 Å². The first-order chi connectivity index (χ1) is 6.19. The Morgan fingerprint density at radius 1 is 1.36 bits per heavy atom. The molecule has 0 bridgehead atoms. The van der Waals surface area contributed by atoms with E-state index in [4.69, 9.17) is 10.5 Å². The molecule has 0 heterocycles. The van der Waals surface area contributed by atoms with Gasteiger partial charge in [0.05, 0.1) is 7.11 Å². The first-order valence-electron chi connectivity index (χ1n) is 4.23. The molecule has 2 N–H and O–H groups in total. The molecular weight excluding hydrogens is 200 g/mol. The summed E-state index contributed by atoms with van der Waals surface area (Å²) in [7, 11) is 5.66. The molecule has 80 valence electrons.